The van der Waals surface area contributed by atoms with E-state index in [0.29, 0.717) is 6.04 Å². The maximum Gasteiger partial charge on any atom is 0.00861 e. The molecule has 2 unspecified atom stereocenters. The SMILES string of the molecule is C#CCCCC1CCCCCC1N. The third-order valence-corrected chi connectivity index (χ3v) is 3.11. The lowest BCUT2D eigenvalue weighted by atomic mass is 9.90. The van der Waals surface area contributed by atoms with Crippen LogP contribution in [-0.4, -0.2) is 6.04 Å². The largest absolute Gasteiger partial charge is 0.327 e. The van der Waals surface area contributed by atoms with Gasteiger partial charge in [-0.15, -0.1) is 12.3 Å². The van der Waals surface area contributed by atoms with E-state index in [-0.39, 0.29) is 0 Å². The van der Waals surface area contributed by atoms with Crippen molar-refractivity contribution in [1.29, 1.82) is 0 Å². The first-order valence-corrected chi connectivity index (χ1v) is 5.53. The van der Waals surface area contributed by atoms with Crippen LogP contribution in [0.5, 0.6) is 0 Å². The molecule has 1 aliphatic rings. The zero-order chi connectivity index (χ0) is 9.52. The normalized spacial score (nSPS) is 29.2. The molecule has 0 radical (unpaired) electrons. The molecule has 1 heteroatoms. The Hall–Kier alpha value is -0.480. The molecule has 74 valence electrons. The van der Waals surface area contributed by atoms with Crippen LogP contribution >= 0.6 is 0 Å². The molecule has 0 amide bonds. The second-order valence-electron chi connectivity index (χ2n) is 4.16. The summed E-state index contributed by atoms with van der Waals surface area (Å²) < 4.78 is 0. The van der Waals surface area contributed by atoms with Crippen molar-refractivity contribution in [2.24, 2.45) is 11.7 Å². The highest BCUT2D eigenvalue weighted by Gasteiger charge is 2.19. The number of nitrogens with two attached hydrogens (primary N) is 1. The first-order valence-electron chi connectivity index (χ1n) is 5.53. The first-order chi connectivity index (χ1) is 6.34. The molecule has 2 atom stereocenters. The molecule has 0 bridgehead atoms. The van der Waals surface area contributed by atoms with Crippen LogP contribution in [0.1, 0.15) is 51.4 Å². The molecule has 0 saturated heterocycles. The van der Waals surface area contributed by atoms with Crippen LogP contribution in [0, 0.1) is 18.3 Å². The van der Waals surface area contributed by atoms with Crippen molar-refractivity contribution >= 4 is 0 Å². The van der Waals surface area contributed by atoms with E-state index < -0.39 is 0 Å². The van der Waals surface area contributed by atoms with Gasteiger partial charge in [0.25, 0.3) is 0 Å². The molecule has 1 saturated carbocycles. The molecular formula is C12H21N. The van der Waals surface area contributed by atoms with Crippen LogP contribution in [-0.2, 0) is 0 Å². The van der Waals surface area contributed by atoms with Crippen molar-refractivity contribution in [2.45, 2.75) is 57.4 Å². The molecule has 1 aliphatic carbocycles. The Balaban J connectivity index is 2.24. The molecule has 1 fully saturated rings. The molecule has 0 spiro atoms. The summed E-state index contributed by atoms with van der Waals surface area (Å²) in [6, 6.07) is 0.445. The fourth-order valence-corrected chi connectivity index (χ4v) is 2.24. The summed E-state index contributed by atoms with van der Waals surface area (Å²) in [6.07, 6.45) is 15.2. The second-order valence-corrected chi connectivity index (χ2v) is 4.16. The predicted octanol–water partition coefficient (Wildman–Crippen LogP) is 2.70. The van der Waals surface area contributed by atoms with Gasteiger partial charge in [-0.2, -0.15) is 0 Å². The molecule has 0 aromatic carbocycles. The summed E-state index contributed by atoms with van der Waals surface area (Å²) in [7, 11) is 0. The van der Waals surface area contributed by atoms with E-state index in [1.807, 2.05) is 0 Å². The van der Waals surface area contributed by atoms with Crippen LogP contribution in [0.25, 0.3) is 0 Å². The molecule has 2 N–H and O–H groups in total. The van der Waals surface area contributed by atoms with Crippen LogP contribution in [0.2, 0.25) is 0 Å². The summed E-state index contributed by atoms with van der Waals surface area (Å²) in [6.45, 7) is 0. The quantitative estimate of drug-likeness (QED) is 0.402. The number of hydrogen-bond donors (Lipinski definition) is 1. The van der Waals surface area contributed by atoms with Gasteiger partial charge in [-0.3, -0.25) is 0 Å². The van der Waals surface area contributed by atoms with Crippen LogP contribution in [0.3, 0.4) is 0 Å². The minimum absolute atomic E-state index is 0.445. The Kier molecular flexibility index (Phi) is 4.93. The number of terminal acetylenes is 1. The predicted molar refractivity (Wildman–Crippen MR) is 57.2 cm³/mol. The molecule has 1 nitrogen and oxygen atoms in total. The van der Waals surface area contributed by atoms with E-state index >= 15 is 0 Å². The van der Waals surface area contributed by atoms with E-state index in [1.54, 1.807) is 0 Å². The highest BCUT2D eigenvalue weighted by atomic mass is 14.6. The highest BCUT2D eigenvalue weighted by molar-refractivity contribution is 4.84. The van der Waals surface area contributed by atoms with Gasteiger partial charge in [-0.05, 0) is 31.6 Å². The Labute approximate surface area is 82.1 Å². The first kappa shape index (κ1) is 10.6. The minimum atomic E-state index is 0.445. The third kappa shape index (κ3) is 3.83. The Morgan fingerprint density at radius 2 is 2.00 bits per heavy atom. The molecule has 0 aromatic rings. The molecule has 13 heavy (non-hydrogen) atoms. The van der Waals surface area contributed by atoms with Gasteiger partial charge in [-0.25, -0.2) is 0 Å². The van der Waals surface area contributed by atoms with Gasteiger partial charge in [0, 0.05) is 12.5 Å². The molecular weight excluding hydrogens is 158 g/mol. The number of hydrogen-bond acceptors (Lipinski definition) is 1. The van der Waals surface area contributed by atoms with Crippen molar-refractivity contribution in [1.82, 2.24) is 0 Å². The smallest absolute Gasteiger partial charge is 0.00861 e. The van der Waals surface area contributed by atoms with Crippen molar-refractivity contribution < 1.29 is 0 Å². The monoisotopic (exact) mass is 179 g/mol. The van der Waals surface area contributed by atoms with Crippen molar-refractivity contribution in [3.63, 3.8) is 0 Å². The summed E-state index contributed by atoms with van der Waals surface area (Å²) >= 11 is 0. The lowest BCUT2D eigenvalue weighted by Gasteiger charge is -2.20. The minimum Gasteiger partial charge on any atom is -0.327 e. The van der Waals surface area contributed by atoms with Gasteiger partial charge in [0.2, 0.25) is 0 Å². The van der Waals surface area contributed by atoms with Crippen LogP contribution in [0.15, 0.2) is 0 Å². The third-order valence-electron chi connectivity index (χ3n) is 3.11. The zero-order valence-electron chi connectivity index (χ0n) is 8.47. The van der Waals surface area contributed by atoms with E-state index in [0.717, 1.165) is 18.8 Å². The van der Waals surface area contributed by atoms with Crippen LogP contribution < -0.4 is 5.73 Å². The summed E-state index contributed by atoms with van der Waals surface area (Å²) in [5.41, 5.74) is 6.11. The van der Waals surface area contributed by atoms with E-state index in [9.17, 15) is 0 Å². The van der Waals surface area contributed by atoms with Crippen molar-refractivity contribution in [2.75, 3.05) is 0 Å². The highest BCUT2D eigenvalue weighted by Crippen LogP contribution is 2.26. The van der Waals surface area contributed by atoms with Crippen molar-refractivity contribution in [3.8, 4) is 12.3 Å². The lowest BCUT2D eigenvalue weighted by molar-refractivity contribution is 0.366. The number of rotatable bonds is 3. The lowest BCUT2D eigenvalue weighted by Crippen LogP contribution is -2.28. The fraction of sp³-hybridized carbons (Fsp3) is 0.833. The topological polar surface area (TPSA) is 26.0 Å². The molecule has 0 aromatic heterocycles. The van der Waals surface area contributed by atoms with E-state index in [2.05, 4.69) is 5.92 Å². The Bertz CT molecular complexity index is 168. The molecule has 0 aliphatic heterocycles. The van der Waals surface area contributed by atoms with Gasteiger partial charge in [-0.1, -0.05) is 19.3 Å². The second kappa shape index (κ2) is 6.05. The fourth-order valence-electron chi connectivity index (χ4n) is 2.24. The summed E-state index contributed by atoms with van der Waals surface area (Å²) in [4.78, 5) is 0. The van der Waals surface area contributed by atoms with E-state index in [4.69, 9.17) is 12.2 Å². The molecule has 0 heterocycles. The molecule has 1 rings (SSSR count). The zero-order valence-corrected chi connectivity index (χ0v) is 8.47. The van der Waals surface area contributed by atoms with Gasteiger partial charge >= 0.3 is 0 Å². The average molecular weight is 179 g/mol. The maximum atomic E-state index is 6.11. The van der Waals surface area contributed by atoms with Gasteiger partial charge < -0.3 is 5.73 Å². The summed E-state index contributed by atoms with van der Waals surface area (Å²) in [5, 5.41) is 0. The Morgan fingerprint density at radius 1 is 1.23 bits per heavy atom. The average Bonchev–Trinajstić information content (AvgIpc) is 2.32. The van der Waals surface area contributed by atoms with Gasteiger partial charge in [0.05, 0.1) is 0 Å². The maximum absolute atomic E-state index is 6.11. The van der Waals surface area contributed by atoms with Gasteiger partial charge in [0.1, 0.15) is 0 Å². The van der Waals surface area contributed by atoms with Crippen LogP contribution in [0.4, 0.5) is 0 Å². The standard InChI is InChI=1S/C12H21N/c1-2-3-5-8-11-9-6-4-7-10-12(11)13/h1,11-12H,3-10,13H2. The summed E-state index contributed by atoms with van der Waals surface area (Å²) in [5.74, 6) is 3.44. The number of unbranched alkanes of at least 4 members (excludes halogenated alkanes) is 1. The Morgan fingerprint density at radius 3 is 2.77 bits per heavy atom. The van der Waals surface area contributed by atoms with Crippen molar-refractivity contribution in [3.05, 3.63) is 0 Å². The van der Waals surface area contributed by atoms with E-state index in [1.165, 1.54) is 38.5 Å². The van der Waals surface area contributed by atoms with Gasteiger partial charge in [0.15, 0.2) is 0 Å².